The van der Waals surface area contributed by atoms with Crippen LogP contribution in [0, 0.1) is 11.3 Å². The van der Waals surface area contributed by atoms with Crippen LogP contribution >= 0.6 is 0 Å². The van der Waals surface area contributed by atoms with E-state index in [0.717, 1.165) is 37.3 Å². The summed E-state index contributed by atoms with van der Waals surface area (Å²) in [6.07, 6.45) is 1.12. The molecule has 0 bridgehead atoms. The van der Waals surface area contributed by atoms with E-state index >= 15 is 0 Å². The molecule has 0 spiro atoms. The third-order valence-electron chi connectivity index (χ3n) is 2.65. The van der Waals surface area contributed by atoms with Crippen LogP contribution in [0.2, 0.25) is 0 Å². The molecule has 0 saturated carbocycles. The van der Waals surface area contributed by atoms with Crippen LogP contribution in [0.4, 0.5) is 5.69 Å². The van der Waals surface area contributed by atoms with E-state index in [2.05, 4.69) is 43.0 Å². The second kappa shape index (κ2) is 6.93. The average Bonchev–Trinajstić information content (AvgIpc) is 2.34. The lowest BCUT2D eigenvalue weighted by molar-refractivity contribution is 0.413. The number of anilines is 1. The fourth-order valence-corrected chi connectivity index (χ4v) is 1.73. The Labute approximate surface area is 104 Å². The summed E-state index contributed by atoms with van der Waals surface area (Å²) in [5.74, 6) is 0. The van der Waals surface area contributed by atoms with Gasteiger partial charge in [0.1, 0.15) is 0 Å². The molecule has 1 aromatic rings. The van der Waals surface area contributed by atoms with Crippen molar-refractivity contribution in [2.75, 3.05) is 38.6 Å². The summed E-state index contributed by atoms with van der Waals surface area (Å²) in [5.41, 5.74) is 1.88. The van der Waals surface area contributed by atoms with Gasteiger partial charge in [-0.3, -0.25) is 0 Å². The Morgan fingerprint density at radius 2 is 1.94 bits per heavy atom. The van der Waals surface area contributed by atoms with Gasteiger partial charge in [0.05, 0.1) is 11.6 Å². The SMILES string of the molecule is CCCN(CCN(C)C)c1cccc(C#N)c1. The number of benzene rings is 1. The van der Waals surface area contributed by atoms with Crippen molar-refractivity contribution in [3.63, 3.8) is 0 Å². The predicted octanol–water partition coefficient (Wildman–Crippen LogP) is 2.34. The first-order chi connectivity index (χ1) is 8.17. The number of likely N-dealkylation sites (N-methyl/N-ethyl adjacent to an activating group) is 1. The Balaban J connectivity index is 2.77. The van der Waals surface area contributed by atoms with E-state index in [-0.39, 0.29) is 0 Å². The zero-order chi connectivity index (χ0) is 12.7. The zero-order valence-corrected chi connectivity index (χ0v) is 11.0. The van der Waals surface area contributed by atoms with Crippen molar-refractivity contribution in [1.29, 1.82) is 5.26 Å². The van der Waals surface area contributed by atoms with Gasteiger partial charge < -0.3 is 9.80 Å². The summed E-state index contributed by atoms with van der Waals surface area (Å²) in [5, 5.41) is 8.92. The van der Waals surface area contributed by atoms with E-state index < -0.39 is 0 Å². The van der Waals surface area contributed by atoms with Crippen molar-refractivity contribution >= 4 is 5.69 Å². The van der Waals surface area contributed by atoms with Gasteiger partial charge in [-0.25, -0.2) is 0 Å². The molecule has 0 saturated heterocycles. The predicted molar refractivity (Wildman–Crippen MR) is 72.2 cm³/mol. The maximum atomic E-state index is 8.92. The van der Waals surface area contributed by atoms with Gasteiger partial charge in [-0.1, -0.05) is 13.0 Å². The lowest BCUT2D eigenvalue weighted by Crippen LogP contribution is -2.32. The van der Waals surface area contributed by atoms with E-state index in [9.17, 15) is 0 Å². The van der Waals surface area contributed by atoms with E-state index in [1.165, 1.54) is 0 Å². The van der Waals surface area contributed by atoms with Crippen molar-refractivity contribution in [3.05, 3.63) is 29.8 Å². The zero-order valence-electron chi connectivity index (χ0n) is 11.0. The molecule has 0 aliphatic rings. The van der Waals surface area contributed by atoms with Gasteiger partial charge in [-0.15, -0.1) is 0 Å². The lowest BCUT2D eigenvalue weighted by atomic mass is 10.2. The molecule has 1 aromatic carbocycles. The van der Waals surface area contributed by atoms with E-state index in [1.54, 1.807) is 0 Å². The highest BCUT2D eigenvalue weighted by molar-refractivity contribution is 5.51. The molecule has 0 aliphatic heterocycles. The van der Waals surface area contributed by atoms with Crippen LogP contribution in [0.1, 0.15) is 18.9 Å². The van der Waals surface area contributed by atoms with Crippen LogP contribution in [0.5, 0.6) is 0 Å². The Morgan fingerprint density at radius 1 is 1.18 bits per heavy atom. The van der Waals surface area contributed by atoms with Crippen LogP contribution < -0.4 is 4.90 Å². The molecule has 0 aliphatic carbocycles. The maximum absolute atomic E-state index is 8.92. The molecule has 0 aromatic heterocycles. The van der Waals surface area contributed by atoms with Gasteiger partial charge in [-0.05, 0) is 38.7 Å². The van der Waals surface area contributed by atoms with Gasteiger partial charge in [0.2, 0.25) is 0 Å². The minimum atomic E-state index is 0.730. The molecule has 0 fully saturated rings. The topological polar surface area (TPSA) is 30.3 Å². The van der Waals surface area contributed by atoms with E-state index in [1.807, 2.05) is 18.2 Å². The van der Waals surface area contributed by atoms with Crippen molar-refractivity contribution in [1.82, 2.24) is 4.90 Å². The van der Waals surface area contributed by atoms with Crippen LogP contribution in [0.15, 0.2) is 24.3 Å². The number of nitriles is 1. The van der Waals surface area contributed by atoms with Crippen molar-refractivity contribution in [2.45, 2.75) is 13.3 Å². The average molecular weight is 231 g/mol. The fourth-order valence-electron chi connectivity index (χ4n) is 1.73. The smallest absolute Gasteiger partial charge is 0.0992 e. The summed E-state index contributed by atoms with van der Waals surface area (Å²) in [4.78, 5) is 4.51. The molecule has 0 heterocycles. The largest absolute Gasteiger partial charge is 0.370 e. The monoisotopic (exact) mass is 231 g/mol. The summed E-state index contributed by atoms with van der Waals surface area (Å²) in [7, 11) is 4.16. The summed E-state index contributed by atoms with van der Waals surface area (Å²) >= 11 is 0. The number of hydrogen-bond acceptors (Lipinski definition) is 3. The van der Waals surface area contributed by atoms with Gasteiger partial charge >= 0.3 is 0 Å². The first-order valence-corrected chi connectivity index (χ1v) is 6.07. The van der Waals surface area contributed by atoms with Crippen LogP contribution in [-0.2, 0) is 0 Å². The molecule has 3 heteroatoms. The standard InChI is InChI=1S/C14H21N3/c1-4-8-17(10-9-16(2)3)14-7-5-6-13(11-14)12-15/h5-7,11H,4,8-10H2,1-3H3. The van der Waals surface area contributed by atoms with Gasteiger partial charge in [0.25, 0.3) is 0 Å². The van der Waals surface area contributed by atoms with Crippen molar-refractivity contribution in [3.8, 4) is 6.07 Å². The molecular formula is C14H21N3. The van der Waals surface area contributed by atoms with E-state index in [4.69, 9.17) is 5.26 Å². The van der Waals surface area contributed by atoms with Crippen LogP contribution in [-0.4, -0.2) is 38.6 Å². The highest BCUT2D eigenvalue weighted by Gasteiger charge is 2.06. The molecule has 0 radical (unpaired) electrons. The normalized spacial score (nSPS) is 10.3. The summed E-state index contributed by atoms with van der Waals surface area (Å²) in [6, 6.07) is 10.0. The Morgan fingerprint density at radius 3 is 2.53 bits per heavy atom. The second-order valence-electron chi connectivity index (χ2n) is 4.45. The number of nitrogens with zero attached hydrogens (tertiary/aromatic N) is 3. The molecule has 0 unspecified atom stereocenters. The third kappa shape index (κ3) is 4.46. The van der Waals surface area contributed by atoms with Crippen LogP contribution in [0.3, 0.4) is 0 Å². The first kappa shape index (κ1) is 13.5. The molecular weight excluding hydrogens is 210 g/mol. The van der Waals surface area contributed by atoms with Crippen LogP contribution in [0.25, 0.3) is 0 Å². The minimum Gasteiger partial charge on any atom is -0.370 e. The molecule has 17 heavy (non-hydrogen) atoms. The maximum Gasteiger partial charge on any atom is 0.0992 e. The molecule has 1 rings (SSSR count). The van der Waals surface area contributed by atoms with Gasteiger partial charge in [0.15, 0.2) is 0 Å². The number of rotatable bonds is 6. The molecule has 0 N–H and O–H groups in total. The highest BCUT2D eigenvalue weighted by atomic mass is 15.2. The van der Waals surface area contributed by atoms with Gasteiger partial charge in [-0.2, -0.15) is 5.26 Å². The summed E-state index contributed by atoms with van der Waals surface area (Å²) in [6.45, 7) is 5.23. The molecule has 3 nitrogen and oxygen atoms in total. The van der Waals surface area contributed by atoms with Gasteiger partial charge in [0, 0.05) is 25.3 Å². The minimum absolute atomic E-state index is 0.730. The quantitative estimate of drug-likeness (QED) is 0.753. The first-order valence-electron chi connectivity index (χ1n) is 6.07. The Kier molecular flexibility index (Phi) is 5.51. The molecule has 0 atom stereocenters. The molecule has 92 valence electrons. The van der Waals surface area contributed by atoms with Crippen molar-refractivity contribution < 1.29 is 0 Å². The molecule has 0 amide bonds. The Bertz CT molecular complexity index is 379. The van der Waals surface area contributed by atoms with E-state index in [0.29, 0.717) is 0 Å². The summed E-state index contributed by atoms with van der Waals surface area (Å²) < 4.78 is 0. The number of hydrogen-bond donors (Lipinski definition) is 0. The Hall–Kier alpha value is -1.53. The highest BCUT2D eigenvalue weighted by Crippen LogP contribution is 2.16. The lowest BCUT2D eigenvalue weighted by Gasteiger charge is -2.26. The second-order valence-corrected chi connectivity index (χ2v) is 4.45. The van der Waals surface area contributed by atoms with Crippen molar-refractivity contribution in [2.24, 2.45) is 0 Å². The third-order valence-corrected chi connectivity index (χ3v) is 2.65. The fraction of sp³-hybridized carbons (Fsp3) is 0.500.